The van der Waals surface area contributed by atoms with Crippen molar-refractivity contribution < 1.29 is 9.15 Å². The SMILES string of the molecule is CCCCCCOc1ccc(/C=N/Nc2oc(C)nc2C#N)cc1. The molecular weight excluding hydrogens is 304 g/mol. The molecule has 0 saturated carbocycles. The predicted molar refractivity (Wildman–Crippen MR) is 93.3 cm³/mol. The van der Waals surface area contributed by atoms with Crippen LogP contribution in [0.1, 0.15) is 49.8 Å². The molecule has 0 saturated heterocycles. The minimum absolute atomic E-state index is 0.191. The first-order chi connectivity index (χ1) is 11.7. The summed E-state index contributed by atoms with van der Waals surface area (Å²) in [5.74, 6) is 1.53. The number of hydrogen-bond acceptors (Lipinski definition) is 6. The second-order valence-corrected chi connectivity index (χ2v) is 5.37. The molecule has 0 atom stereocenters. The smallest absolute Gasteiger partial charge is 0.252 e. The van der Waals surface area contributed by atoms with Crippen LogP contribution in [0.2, 0.25) is 0 Å². The molecule has 0 fully saturated rings. The normalized spacial score (nSPS) is 10.7. The van der Waals surface area contributed by atoms with Crippen LogP contribution in [0.15, 0.2) is 33.8 Å². The molecule has 0 radical (unpaired) electrons. The maximum Gasteiger partial charge on any atom is 0.252 e. The summed E-state index contributed by atoms with van der Waals surface area (Å²) in [7, 11) is 0. The number of nitrogens with one attached hydrogen (secondary N) is 1. The van der Waals surface area contributed by atoms with Crippen molar-refractivity contribution in [2.24, 2.45) is 5.10 Å². The van der Waals surface area contributed by atoms with Gasteiger partial charge in [-0.2, -0.15) is 10.4 Å². The Morgan fingerprint density at radius 2 is 2.08 bits per heavy atom. The van der Waals surface area contributed by atoms with Crippen molar-refractivity contribution in [3.8, 4) is 11.8 Å². The fourth-order valence-electron chi connectivity index (χ4n) is 2.11. The van der Waals surface area contributed by atoms with E-state index in [9.17, 15) is 0 Å². The van der Waals surface area contributed by atoms with Gasteiger partial charge in [0.15, 0.2) is 5.89 Å². The van der Waals surface area contributed by atoms with E-state index in [0.717, 1.165) is 24.3 Å². The number of ether oxygens (including phenoxy) is 1. The van der Waals surface area contributed by atoms with Gasteiger partial charge in [0, 0.05) is 6.92 Å². The number of oxazole rings is 1. The standard InChI is InChI=1S/C18H22N4O2/c1-3-4-5-6-11-23-16-9-7-15(8-10-16)13-20-22-18-17(12-19)21-14(2)24-18/h7-10,13,22H,3-6,11H2,1-2H3/b20-13+. The van der Waals surface area contributed by atoms with Gasteiger partial charge in [-0.25, -0.2) is 10.4 Å². The van der Waals surface area contributed by atoms with E-state index >= 15 is 0 Å². The minimum Gasteiger partial charge on any atom is -0.494 e. The number of hydrazone groups is 1. The van der Waals surface area contributed by atoms with Gasteiger partial charge in [-0.05, 0) is 36.2 Å². The summed E-state index contributed by atoms with van der Waals surface area (Å²) in [6.45, 7) is 4.62. The zero-order valence-corrected chi connectivity index (χ0v) is 14.1. The number of anilines is 1. The average Bonchev–Trinajstić information content (AvgIpc) is 2.96. The van der Waals surface area contributed by atoms with Gasteiger partial charge >= 0.3 is 0 Å². The molecule has 2 rings (SSSR count). The highest BCUT2D eigenvalue weighted by molar-refractivity contribution is 5.80. The summed E-state index contributed by atoms with van der Waals surface area (Å²) in [5, 5.41) is 13.0. The van der Waals surface area contributed by atoms with Crippen LogP contribution in [-0.2, 0) is 0 Å². The summed E-state index contributed by atoms with van der Waals surface area (Å²) >= 11 is 0. The second kappa shape index (κ2) is 9.36. The Balaban J connectivity index is 1.81. The van der Waals surface area contributed by atoms with E-state index < -0.39 is 0 Å². The number of nitriles is 1. The van der Waals surface area contributed by atoms with Gasteiger partial charge in [-0.1, -0.05) is 26.2 Å². The molecule has 0 aliphatic rings. The third-order valence-electron chi connectivity index (χ3n) is 3.37. The maximum absolute atomic E-state index is 8.92. The molecule has 0 aliphatic heterocycles. The molecule has 126 valence electrons. The summed E-state index contributed by atoms with van der Waals surface area (Å²) in [4.78, 5) is 3.93. The van der Waals surface area contributed by atoms with Crippen molar-refractivity contribution in [2.45, 2.75) is 39.5 Å². The Morgan fingerprint density at radius 3 is 2.79 bits per heavy atom. The van der Waals surface area contributed by atoms with Crippen LogP contribution in [-0.4, -0.2) is 17.8 Å². The van der Waals surface area contributed by atoms with Gasteiger partial charge in [0.25, 0.3) is 5.88 Å². The number of aryl methyl sites for hydroxylation is 1. The van der Waals surface area contributed by atoms with Crippen molar-refractivity contribution in [1.82, 2.24) is 4.98 Å². The van der Waals surface area contributed by atoms with Crippen LogP contribution >= 0.6 is 0 Å². The molecule has 0 bridgehead atoms. The topological polar surface area (TPSA) is 83.4 Å². The van der Waals surface area contributed by atoms with Gasteiger partial charge in [-0.3, -0.25) is 0 Å². The number of rotatable bonds is 9. The summed E-state index contributed by atoms with van der Waals surface area (Å²) in [5.41, 5.74) is 3.79. The monoisotopic (exact) mass is 326 g/mol. The fraction of sp³-hybridized carbons (Fsp3) is 0.389. The van der Waals surface area contributed by atoms with Crippen LogP contribution < -0.4 is 10.2 Å². The zero-order chi connectivity index (χ0) is 17.2. The highest BCUT2D eigenvalue weighted by Gasteiger charge is 2.08. The molecule has 6 nitrogen and oxygen atoms in total. The van der Waals surface area contributed by atoms with Gasteiger partial charge < -0.3 is 9.15 Å². The van der Waals surface area contributed by atoms with E-state index in [1.165, 1.54) is 19.3 Å². The van der Waals surface area contributed by atoms with Crippen LogP contribution in [0, 0.1) is 18.3 Å². The van der Waals surface area contributed by atoms with Crippen molar-refractivity contribution in [3.05, 3.63) is 41.4 Å². The minimum atomic E-state index is 0.191. The number of benzene rings is 1. The molecule has 0 amide bonds. The Hall–Kier alpha value is -2.81. The highest BCUT2D eigenvalue weighted by atomic mass is 16.5. The van der Waals surface area contributed by atoms with E-state index in [1.807, 2.05) is 30.3 Å². The van der Waals surface area contributed by atoms with Crippen LogP contribution in [0.3, 0.4) is 0 Å². The lowest BCUT2D eigenvalue weighted by atomic mass is 10.2. The molecule has 24 heavy (non-hydrogen) atoms. The van der Waals surface area contributed by atoms with Crippen LogP contribution in [0.5, 0.6) is 5.75 Å². The molecule has 2 aromatic rings. The maximum atomic E-state index is 8.92. The Bertz CT molecular complexity index is 699. The van der Waals surface area contributed by atoms with E-state index in [4.69, 9.17) is 14.4 Å². The molecule has 1 aromatic carbocycles. The number of unbranched alkanes of at least 4 members (excludes halogenated alkanes) is 3. The average molecular weight is 326 g/mol. The first-order valence-corrected chi connectivity index (χ1v) is 8.12. The third kappa shape index (κ3) is 5.43. The van der Waals surface area contributed by atoms with Crippen molar-refractivity contribution in [1.29, 1.82) is 5.26 Å². The summed E-state index contributed by atoms with van der Waals surface area (Å²) in [6, 6.07) is 9.62. The van der Waals surface area contributed by atoms with Gasteiger partial charge in [0.2, 0.25) is 5.69 Å². The van der Waals surface area contributed by atoms with Crippen molar-refractivity contribution in [3.63, 3.8) is 0 Å². The lowest BCUT2D eigenvalue weighted by Gasteiger charge is -2.05. The quantitative estimate of drug-likeness (QED) is 0.423. The van der Waals surface area contributed by atoms with Crippen LogP contribution in [0.25, 0.3) is 0 Å². The molecule has 1 aromatic heterocycles. The molecule has 0 spiro atoms. The number of aromatic nitrogens is 1. The second-order valence-electron chi connectivity index (χ2n) is 5.37. The van der Waals surface area contributed by atoms with E-state index in [-0.39, 0.29) is 11.6 Å². The lowest BCUT2D eigenvalue weighted by molar-refractivity contribution is 0.305. The molecule has 1 N–H and O–H groups in total. The molecule has 1 heterocycles. The van der Waals surface area contributed by atoms with Crippen LogP contribution in [0.4, 0.5) is 5.88 Å². The first-order valence-electron chi connectivity index (χ1n) is 8.12. The summed E-state index contributed by atoms with van der Waals surface area (Å²) in [6.07, 6.45) is 6.41. The number of nitrogens with zero attached hydrogens (tertiary/aromatic N) is 3. The third-order valence-corrected chi connectivity index (χ3v) is 3.37. The highest BCUT2D eigenvalue weighted by Crippen LogP contribution is 2.16. The Kier molecular flexibility index (Phi) is 6.84. The van der Waals surface area contributed by atoms with E-state index in [0.29, 0.717) is 5.89 Å². The van der Waals surface area contributed by atoms with Gasteiger partial charge in [0.05, 0.1) is 12.8 Å². The molecule has 0 aliphatic carbocycles. The number of hydrogen-bond donors (Lipinski definition) is 1. The fourth-order valence-corrected chi connectivity index (χ4v) is 2.11. The first kappa shape index (κ1) is 17.5. The van der Waals surface area contributed by atoms with Gasteiger partial charge in [-0.15, -0.1) is 0 Å². The predicted octanol–water partition coefficient (Wildman–Crippen LogP) is 4.26. The van der Waals surface area contributed by atoms with E-state index in [1.54, 1.807) is 13.1 Å². The molecule has 6 heteroatoms. The lowest BCUT2D eigenvalue weighted by Crippen LogP contribution is -1.97. The Labute approximate surface area is 142 Å². The summed E-state index contributed by atoms with van der Waals surface area (Å²) < 4.78 is 11.0. The molecular formula is C18H22N4O2. The van der Waals surface area contributed by atoms with Crippen molar-refractivity contribution in [2.75, 3.05) is 12.0 Å². The van der Waals surface area contributed by atoms with E-state index in [2.05, 4.69) is 22.4 Å². The van der Waals surface area contributed by atoms with Gasteiger partial charge in [0.1, 0.15) is 11.8 Å². The van der Waals surface area contributed by atoms with Crippen molar-refractivity contribution >= 4 is 12.1 Å². The molecule has 0 unspecified atom stereocenters. The Morgan fingerprint density at radius 1 is 1.29 bits per heavy atom. The zero-order valence-electron chi connectivity index (χ0n) is 14.1. The largest absolute Gasteiger partial charge is 0.494 e.